The van der Waals surface area contributed by atoms with Crippen molar-refractivity contribution in [2.75, 3.05) is 9.80 Å². The second kappa shape index (κ2) is 16.6. The fourth-order valence-electron chi connectivity index (χ4n) is 11.0. The van der Waals surface area contributed by atoms with Gasteiger partial charge in [-0.05, 0) is 166 Å². The standard InChI is InChI=1S/C65H47N3/c1-44-26-32-52(33-27-44)68(50-21-10-5-11-22-50)63-42-62-64(58-25-15-14-24-57(58)63)59-39-37-54(41-61(59)65(62,48-17-6-3-7-18-48)49-19-8-4-9-20-49)67(51-34-29-46(43-66)30-35-51)53-36-38-56-55-23-13-12-16-47(55)31-28-45(2)60(56)40-53/h3-30,32-42H,31H2,1-2H3. The first-order valence-electron chi connectivity index (χ1n) is 23.4. The highest BCUT2D eigenvalue weighted by atomic mass is 15.1. The summed E-state index contributed by atoms with van der Waals surface area (Å²) in [5.41, 5.74) is 21.1. The number of anilines is 6. The molecule has 0 atom stereocenters. The number of allylic oxidation sites excluding steroid dienone is 2. The van der Waals surface area contributed by atoms with E-state index < -0.39 is 5.41 Å². The van der Waals surface area contributed by atoms with Crippen LogP contribution >= 0.6 is 0 Å². The highest BCUT2D eigenvalue weighted by Crippen LogP contribution is 2.61. The zero-order valence-electron chi connectivity index (χ0n) is 38.1. The third kappa shape index (κ3) is 6.56. The number of benzene rings is 10. The summed E-state index contributed by atoms with van der Waals surface area (Å²) in [5.74, 6) is 0. The first-order valence-corrected chi connectivity index (χ1v) is 23.4. The van der Waals surface area contributed by atoms with Gasteiger partial charge >= 0.3 is 0 Å². The molecule has 0 aliphatic heterocycles. The first kappa shape index (κ1) is 40.8. The number of aryl methyl sites for hydroxylation is 1. The molecule has 12 rings (SSSR count). The molecule has 0 saturated heterocycles. The van der Waals surface area contributed by atoms with Gasteiger partial charge in [0.2, 0.25) is 0 Å². The Morgan fingerprint density at radius 2 is 0.971 bits per heavy atom. The van der Waals surface area contributed by atoms with Gasteiger partial charge in [-0.25, -0.2) is 0 Å². The minimum absolute atomic E-state index is 0.625. The zero-order chi connectivity index (χ0) is 45.8. The van der Waals surface area contributed by atoms with E-state index in [0.29, 0.717) is 5.56 Å². The van der Waals surface area contributed by atoms with Gasteiger partial charge in [0, 0.05) is 33.8 Å². The van der Waals surface area contributed by atoms with Crippen molar-refractivity contribution in [3.63, 3.8) is 0 Å². The second-order valence-corrected chi connectivity index (χ2v) is 18.1. The SMILES string of the molecule is CC1=CCc2ccccc2-c2ccc(N(c3ccc(C#N)cc3)c3ccc4c(c3)C(c3ccccc3)(c3ccccc3)c3cc(N(c5ccccc5)c5ccc(C)cc5)c5ccccc5c3-4)cc21. The molecular weight excluding hydrogens is 823 g/mol. The lowest BCUT2D eigenvalue weighted by molar-refractivity contribution is 0.769. The molecule has 0 saturated carbocycles. The minimum Gasteiger partial charge on any atom is -0.310 e. The maximum atomic E-state index is 9.93. The van der Waals surface area contributed by atoms with Crippen LogP contribution in [0.3, 0.4) is 0 Å². The molecule has 0 heterocycles. The molecule has 0 unspecified atom stereocenters. The van der Waals surface area contributed by atoms with Gasteiger partial charge in [-0.15, -0.1) is 0 Å². The number of nitriles is 1. The Hall–Kier alpha value is -8.71. The van der Waals surface area contributed by atoms with E-state index in [4.69, 9.17) is 0 Å². The number of hydrogen-bond donors (Lipinski definition) is 0. The van der Waals surface area contributed by atoms with Crippen molar-refractivity contribution >= 4 is 50.5 Å². The monoisotopic (exact) mass is 869 g/mol. The predicted molar refractivity (Wildman–Crippen MR) is 283 cm³/mol. The van der Waals surface area contributed by atoms with Crippen LogP contribution in [0.2, 0.25) is 0 Å². The lowest BCUT2D eigenvalue weighted by Crippen LogP contribution is -2.29. The normalized spacial score (nSPS) is 13.0. The van der Waals surface area contributed by atoms with Gasteiger partial charge in [0.15, 0.2) is 0 Å². The molecule has 0 fully saturated rings. The molecular formula is C65H47N3. The summed E-state index contributed by atoms with van der Waals surface area (Å²) in [4.78, 5) is 4.80. The van der Waals surface area contributed by atoms with Gasteiger partial charge in [-0.3, -0.25) is 0 Å². The average Bonchev–Trinajstić information content (AvgIpc) is 3.61. The van der Waals surface area contributed by atoms with Crippen molar-refractivity contribution < 1.29 is 0 Å². The summed E-state index contributed by atoms with van der Waals surface area (Å²) in [6, 6.07) is 86.4. The number of hydrogen-bond acceptors (Lipinski definition) is 3. The van der Waals surface area contributed by atoms with Gasteiger partial charge in [-0.2, -0.15) is 5.26 Å². The molecule has 2 aliphatic rings. The molecule has 322 valence electrons. The van der Waals surface area contributed by atoms with Crippen LogP contribution in [-0.2, 0) is 11.8 Å². The van der Waals surface area contributed by atoms with Gasteiger partial charge < -0.3 is 9.80 Å². The summed E-state index contributed by atoms with van der Waals surface area (Å²) in [6.45, 7) is 4.38. The lowest BCUT2D eigenvalue weighted by Gasteiger charge is -2.36. The van der Waals surface area contributed by atoms with Gasteiger partial charge in [0.1, 0.15) is 0 Å². The van der Waals surface area contributed by atoms with Crippen LogP contribution in [0.15, 0.2) is 237 Å². The number of nitrogens with zero attached hydrogens (tertiary/aromatic N) is 3. The summed E-state index contributed by atoms with van der Waals surface area (Å²) < 4.78 is 0. The van der Waals surface area contributed by atoms with Crippen LogP contribution in [0, 0.1) is 18.3 Å². The molecule has 68 heavy (non-hydrogen) atoms. The molecule has 3 heteroatoms. The Kier molecular flexibility index (Phi) is 9.97. The Morgan fingerprint density at radius 1 is 0.426 bits per heavy atom. The second-order valence-electron chi connectivity index (χ2n) is 18.1. The summed E-state index contributed by atoms with van der Waals surface area (Å²) >= 11 is 0. The molecule has 0 spiro atoms. The Labute approximate surface area is 398 Å². The quantitative estimate of drug-likeness (QED) is 0.152. The van der Waals surface area contributed by atoms with E-state index in [2.05, 4.69) is 254 Å². The topological polar surface area (TPSA) is 30.3 Å². The van der Waals surface area contributed by atoms with E-state index >= 15 is 0 Å². The summed E-state index contributed by atoms with van der Waals surface area (Å²) in [6.07, 6.45) is 3.25. The Balaban J connectivity index is 1.16. The van der Waals surface area contributed by atoms with Crippen molar-refractivity contribution in [1.29, 1.82) is 5.26 Å². The summed E-state index contributed by atoms with van der Waals surface area (Å²) in [7, 11) is 0. The van der Waals surface area contributed by atoms with E-state index in [9.17, 15) is 5.26 Å². The number of para-hydroxylation sites is 1. The van der Waals surface area contributed by atoms with Crippen LogP contribution in [-0.4, -0.2) is 0 Å². The fourth-order valence-corrected chi connectivity index (χ4v) is 11.0. The predicted octanol–water partition coefficient (Wildman–Crippen LogP) is 16.9. The maximum absolute atomic E-state index is 9.93. The smallest absolute Gasteiger partial charge is 0.0991 e. The number of fused-ring (bicyclic) bond motifs is 8. The van der Waals surface area contributed by atoms with E-state index in [0.717, 1.165) is 40.5 Å². The number of rotatable bonds is 8. The molecule has 10 aromatic rings. The van der Waals surface area contributed by atoms with E-state index in [1.165, 1.54) is 77.5 Å². The van der Waals surface area contributed by atoms with E-state index in [-0.39, 0.29) is 0 Å². The Bertz CT molecular complexity index is 3560. The molecule has 3 nitrogen and oxygen atoms in total. The zero-order valence-corrected chi connectivity index (χ0v) is 38.1. The van der Waals surface area contributed by atoms with Gasteiger partial charge in [0.05, 0.1) is 22.7 Å². The van der Waals surface area contributed by atoms with Crippen LogP contribution in [0.1, 0.15) is 51.4 Å². The van der Waals surface area contributed by atoms with Crippen LogP contribution < -0.4 is 9.80 Å². The molecule has 0 amide bonds. The maximum Gasteiger partial charge on any atom is 0.0991 e. The molecule has 2 aliphatic carbocycles. The molecule has 0 bridgehead atoms. The van der Waals surface area contributed by atoms with Crippen molar-refractivity contribution in [2.45, 2.75) is 25.7 Å². The van der Waals surface area contributed by atoms with Crippen LogP contribution in [0.4, 0.5) is 34.1 Å². The average molecular weight is 870 g/mol. The molecule has 0 radical (unpaired) electrons. The largest absolute Gasteiger partial charge is 0.310 e. The minimum atomic E-state index is -0.718. The highest BCUT2D eigenvalue weighted by Gasteiger charge is 2.48. The summed E-state index contributed by atoms with van der Waals surface area (Å²) in [5, 5.41) is 12.3. The molecule has 0 N–H and O–H groups in total. The van der Waals surface area contributed by atoms with Crippen molar-refractivity contribution in [3.05, 3.63) is 281 Å². The molecule has 10 aromatic carbocycles. The highest BCUT2D eigenvalue weighted by molar-refractivity contribution is 6.11. The molecule has 0 aromatic heterocycles. The van der Waals surface area contributed by atoms with Crippen LogP contribution in [0.5, 0.6) is 0 Å². The van der Waals surface area contributed by atoms with Gasteiger partial charge in [0.25, 0.3) is 0 Å². The van der Waals surface area contributed by atoms with Crippen molar-refractivity contribution in [3.8, 4) is 28.3 Å². The van der Waals surface area contributed by atoms with E-state index in [1.54, 1.807) is 0 Å². The fraction of sp³-hybridized carbons (Fsp3) is 0.0615. The third-order valence-corrected chi connectivity index (χ3v) is 14.2. The van der Waals surface area contributed by atoms with E-state index in [1.807, 2.05) is 12.1 Å². The Morgan fingerprint density at radius 3 is 1.66 bits per heavy atom. The van der Waals surface area contributed by atoms with Crippen LogP contribution in [0.25, 0.3) is 38.6 Å². The van der Waals surface area contributed by atoms with Crippen molar-refractivity contribution in [1.82, 2.24) is 0 Å². The van der Waals surface area contributed by atoms with Gasteiger partial charge in [-0.1, -0.05) is 163 Å². The van der Waals surface area contributed by atoms with Crippen molar-refractivity contribution in [2.24, 2.45) is 0 Å². The lowest BCUT2D eigenvalue weighted by atomic mass is 9.67. The third-order valence-electron chi connectivity index (χ3n) is 14.2. The first-order chi connectivity index (χ1) is 33.5.